The van der Waals surface area contributed by atoms with Crippen molar-refractivity contribution in [2.24, 2.45) is 0 Å². The van der Waals surface area contributed by atoms with Gasteiger partial charge in [0.1, 0.15) is 0 Å². The van der Waals surface area contributed by atoms with Gasteiger partial charge in [0.05, 0.1) is 0 Å². The molecule has 1 N–H and O–H groups in total. The molecule has 0 aliphatic carbocycles. The molecule has 0 aliphatic heterocycles. The van der Waals surface area contributed by atoms with Crippen molar-refractivity contribution in [3.63, 3.8) is 0 Å². The molecule has 5 nitrogen and oxygen atoms in total. The highest BCUT2D eigenvalue weighted by atomic mass is 16.2. The zero-order valence-corrected chi connectivity index (χ0v) is 12.1. The first-order chi connectivity index (χ1) is 10.0. The van der Waals surface area contributed by atoms with Gasteiger partial charge in [-0.3, -0.25) is 14.9 Å². The molecule has 0 spiro atoms. The highest BCUT2D eigenvalue weighted by Crippen LogP contribution is 2.07. The number of hydrogen-bond donors (Lipinski definition) is 1. The summed E-state index contributed by atoms with van der Waals surface area (Å²) in [5.41, 5.74) is 2.20. The second-order valence-corrected chi connectivity index (χ2v) is 4.81. The second-order valence-electron chi connectivity index (χ2n) is 4.81. The second kappa shape index (κ2) is 6.74. The molecule has 0 aliphatic rings. The lowest BCUT2D eigenvalue weighted by Crippen LogP contribution is -2.16. The molecule has 0 bridgehead atoms. The predicted molar refractivity (Wildman–Crippen MR) is 80.1 cm³/mol. The molecule has 0 fully saturated rings. The van der Waals surface area contributed by atoms with Crippen LogP contribution in [0.25, 0.3) is 0 Å². The third kappa shape index (κ3) is 4.49. The van der Waals surface area contributed by atoms with Gasteiger partial charge >= 0.3 is 0 Å². The number of nitrogens with one attached hydrogen (secondary N) is 1. The van der Waals surface area contributed by atoms with E-state index in [0.717, 1.165) is 11.4 Å². The number of aromatic nitrogens is 2. The Balaban J connectivity index is 1.89. The van der Waals surface area contributed by atoms with E-state index in [0.29, 0.717) is 5.56 Å². The first kappa shape index (κ1) is 14.8. The Kier molecular flexibility index (Phi) is 4.77. The normalized spacial score (nSPS) is 10.2. The fourth-order valence-corrected chi connectivity index (χ4v) is 1.96. The summed E-state index contributed by atoms with van der Waals surface area (Å²) in [7, 11) is 0. The Labute approximate surface area is 123 Å². The van der Waals surface area contributed by atoms with E-state index in [1.165, 1.54) is 0 Å². The molecule has 0 saturated carbocycles. The highest BCUT2D eigenvalue weighted by molar-refractivity contribution is 5.99. The predicted octanol–water partition coefficient (Wildman–Crippen LogP) is 2.70. The van der Waals surface area contributed by atoms with Crippen LogP contribution in [-0.4, -0.2) is 21.7 Å². The molecule has 0 unspecified atom stereocenters. The van der Waals surface area contributed by atoms with Crippen molar-refractivity contribution in [3.05, 3.63) is 53.3 Å². The number of Topliss-reactive ketones (excluding diaryl/α,β-unsaturated/α-hetero) is 1. The average molecular weight is 283 g/mol. The summed E-state index contributed by atoms with van der Waals surface area (Å²) in [5, 5.41) is 2.62. The zero-order valence-electron chi connectivity index (χ0n) is 12.1. The fourth-order valence-electron chi connectivity index (χ4n) is 1.96. The summed E-state index contributed by atoms with van der Waals surface area (Å²) < 4.78 is 0. The number of benzene rings is 1. The molecular weight excluding hydrogens is 266 g/mol. The maximum Gasteiger partial charge on any atom is 0.229 e. The standard InChI is InChI=1S/C16H17N3O2/c1-11-10-12(2)18-16(17-11)19-15(21)9-8-14(20)13-6-4-3-5-7-13/h3-7,10H,8-9H2,1-2H3,(H,17,18,19,21). The quantitative estimate of drug-likeness (QED) is 0.856. The lowest BCUT2D eigenvalue weighted by atomic mass is 10.1. The van der Waals surface area contributed by atoms with Gasteiger partial charge in [-0.1, -0.05) is 30.3 Å². The molecule has 2 rings (SSSR count). The van der Waals surface area contributed by atoms with E-state index < -0.39 is 0 Å². The van der Waals surface area contributed by atoms with E-state index in [9.17, 15) is 9.59 Å². The van der Waals surface area contributed by atoms with Crippen molar-refractivity contribution < 1.29 is 9.59 Å². The van der Waals surface area contributed by atoms with Crippen molar-refractivity contribution >= 4 is 17.6 Å². The SMILES string of the molecule is Cc1cc(C)nc(NC(=O)CCC(=O)c2ccccc2)n1. The maximum absolute atomic E-state index is 11.9. The molecule has 2 aromatic rings. The van der Waals surface area contributed by atoms with Gasteiger partial charge in [0.2, 0.25) is 11.9 Å². The Morgan fingerprint density at radius 1 is 1.00 bits per heavy atom. The van der Waals surface area contributed by atoms with Crippen LogP contribution in [0.4, 0.5) is 5.95 Å². The molecule has 0 saturated heterocycles. The number of nitrogens with zero attached hydrogens (tertiary/aromatic N) is 2. The van der Waals surface area contributed by atoms with Crippen molar-refractivity contribution in [2.45, 2.75) is 26.7 Å². The number of amides is 1. The number of hydrogen-bond acceptors (Lipinski definition) is 4. The van der Waals surface area contributed by atoms with E-state index in [1.807, 2.05) is 26.0 Å². The Bertz CT molecular complexity index is 634. The summed E-state index contributed by atoms with van der Waals surface area (Å²) in [4.78, 5) is 32.0. The van der Waals surface area contributed by atoms with Crippen LogP contribution in [0, 0.1) is 13.8 Å². The van der Waals surface area contributed by atoms with Crippen LogP contribution in [0.1, 0.15) is 34.6 Å². The Morgan fingerprint density at radius 2 is 1.62 bits per heavy atom. The number of ketones is 1. The summed E-state index contributed by atoms with van der Waals surface area (Å²) >= 11 is 0. The molecule has 0 atom stereocenters. The van der Waals surface area contributed by atoms with Crippen LogP contribution >= 0.6 is 0 Å². The van der Waals surface area contributed by atoms with Crippen LogP contribution in [0.15, 0.2) is 36.4 Å². The minimum Gasteiger partial charge on any atom is -0.295 e. The molecule has 21 heavy (non-hydrogen) atoms. The zero-order chi connectivity index (χ0) is 15.2. The number of carbonyl (C=O) groups excluding carboxylic acids is 2. The van der Waals surface area contributed by atoms with Gasteiger partial charge in [-0.15, -0.1) is 0 Å². The van der Waals surface area contributed by atoms with E-state index >= 15 is 0 Å². The minimum absolute atomic E-state index is 0.0490. The van der Waals surface area contributed by atoms with Gasteiger partial charge in [0.15, 0.2) is 5.78 Å². The van der Waals surface area contributed by atoms with Gasteiger partial charge in [0.25, 0.3) is 0 Å². The van der Waals surface area contributed by atoms with Gasteiger partial charge in [-0.05, 0) is 19.9 Å². The molecule has 1 amide bonds. The lowest BCUT2D eigenvalue weighted by molar-refractivity contribution is -0.116. The fraction of sp³-hybridized carbons (Fsp3) is 0.250. The first-order valence-corrected chi connectivity index (χ1v) is 6.75. The molecule has 1 heterocycles. The topological polar surface area (TPSA) is 72.0 Å². The first-order valence-electron chi connectivity index (χ1n) is 6.75. The number of carbonyl (C=O) groups is 2. The van der Waals surface area contributed by atoms with E-state index in [4.69, 9.17) is 0 Å². The number of anilines is 1. The van der Waals surface area contributed by atoms with Gasteiger partial charge in [-0.2, -0.15) is 0 Å². The summed E-state index contributed by atoms with van der Waals surface area (Å²) in [6.45, 7) is 3.67. The van der Waals surface area contributed by atoms with Gasteiger partial charge in [0, 0.05) is 29.8 Å². The van der Waals surface area contributed by atoms with Crippen molar-refractivity contribution in [1.82, 2.24) is 9.97 Å². The van der Waals surface area contributed by atoms with E-state index in [2.05, 4.69) is 15.3 Å². The van der Waals surface area contributed by atoms with Crippen LogP contribution < -0.4 is 5.32 Å². The summed E-state index contributed by atoms with van der Waals surface area (Å²) in [5.74, 6) is -0.0268. The Hall–Kier alpha value is -2.56. The van der Waals surface area contributed by atoms with Gasteiger partial charge < -0.3 is 0 Å². The third-order valence-electron chi connectivity index (χ3n) is 2.91. The Morgan fingerprint density at radius 3 is 2.24 bits per heavy atom. The molecule has 108 valence electrons. The van der Waals surface area contributed by atoms with E-state index in [1.54, 1.807) is 24.3 Å². The maximum atomic E-state index is 11.9. The average Bonchev–Trinajstić information content (AvgIpc) is 2.44. The third-order valence-corrected chi connectivity index (χ3v) is 2.91. The van der Waals surface area contributed by atoms with Crippen LogP contribution in [0.3, 0.4) is 0 Å². The largest absolute Gasteiger partial charge is 0.295 e. The van der Waals surface area contributed by atoms with Crippen LogP contribution in [-0.2, 0) is 4.79 Å². The lowest BCUT2D eigenvalue weighted by Gasteiger charge is -2.05. The monoisotopic (exact) mass is 283 g/mol. The van der Waals surface area contributed by atoms with Crippen LogP contribution in [0.2, 0.25) is 0 Å². The number of rotatable bonds is 5. The van der Waals surface area contributed by atoms with Crippen molar-refractivity contribution in [1.29, 1.82) is 0 Å². The van der Waals surface area contributed by atoms with Gasteiger partial charge in [-0.25, -0.2) is 9.97 Å². The number of aryl methyl sites for hydroxylation is 2. The summed E-state index contributed by atoms with van der Waals surface area (Å²) in [6, 6.07) is 10.8. The molecule has 5 heteroatoms. The van der Waals surface area contributed by atoms with E-state index in [-0.39, 0.29) is 30.5 Å². The highest BCUT2D eigenvalue weighted by Gasteiger charge is 2.10. The van der Waals surface area contributed by atoms with Crippen molar-refractivity contribution in [3.8, 4) is 0 Å². The van der Waals surface area contributed by atoms with Crippen molar-refractivity contribution in [2.75, 3.05) is 5.32 Å². The smallest absolute Gasteiger partial charge is 0.229 e. The van der Waals surface area contributed by atoms with Crippen LogP contribution in [0.5, 0.6) is 0 Å². The molecular formula is C16H17N3O2. The summed E-state index contributed by atoms with van der Waals surface area (Å²) in [6.07, 6.45) is 0.282. The molecule has 1 aromatic heterocycles. The minimum atomic E-state index is -0.260. The molecule has 0 radical (unpaired) electrons. The molecule has 1 aromatic carbocycles.